The summed E-state index contributed by atoms with van der Waals surface area (Å²) in [5.74, 6) is 1.66. The summed E-state index contributed by atoms with van der Waals surface area (Å²) in [6.07, 6.45) is 0.127. The van der Waals surface area contributed by atoms with Gasteiger partial charge in [-0.15, -0.1) is 0 Å². The zero-order chi connectivity index (χ0) is 22.3. The monoisotopic (exact) mass is 432 g/mol. The number of benzene rings is 3. The van der Waals surface area contributed by atoms with Crippen molar-refractivity contribution in [3.05, 3.63) is 83.9 Å². The number of hydrogen-bond acceptors (Lipinski definition) is 5. The Morgan fingerprint density at radius 2 is 1.78 bits per heavy atom. The lowest BCUT2D eigenvalue weighted by Gasteiger charge is -2.18. The largest absolute Gasteiger partial charge is 0.489 e. The highest BCUT2D eigenvalue weighted by Gasteiger charge is 2.17. The van der Waals surface area contributed by atoms with Gasteiger partial charge in [0, 0.05) is 18.7 Å². The number of ether oxygens (including phenoxy) is 3. The second-order valence-electron chi connectivity index (χ2n) is 7.42. The molecule has 1 unspecified atom stereocenters. The van der Waals surface area contributed by atoms with Gasteiger partial charge in [-0.2, -0.15) is 0 Å². The second kappa shape index (κ2) is 9.87. The van der Waals surface area contributed by atoms with E-state index in [0.717, 1.165) is 11.1 Å². The van der Waals surface area contributed by atoms with Crippen LogP contribution in [0.4, 0.5) is 5.69 Å². The van der Waals surface area contributed by atoms with Crippen LogP contribution < -0.4 is 24.8 Å². The van der Waals surface area contributed by atoms with Crippen molar-refractivity contribution in [3.8, 4) is 17.2 Å². The van der Waals surface area contributed by atoms with Crippen LogP contribution in [0, 0.1) is 0 Å². The van der Waals surface area contributed by atoms with Gasteiger partial charge in [-0.1, -0.05) is 42.5 Å². The van der Waals surface area contributed by atoms with Crippen LogP contribution in [0.2, 0.25) is 0 Å². The standard InChI is InChI=1S/C25H24N2O5/c1-17(28)26-22(19-7-3-2-4-8-19)14-25(29)27-20-9-5-6-18(12-20)15-30-21-10-11-23-24(13-21)32-16-31-23/h2-13,22H,14-16H2,1H3,(H,26,28)(H,27,29). The molecule has 3 aromatic rings. The Morgan fingerprint density at radius 1 is 0.969 bits per heavy atom. The minimum absolute atomic E-state index is 0.127. The molecule has 1 aliphatic rings. The van der Waals surface area contributed by atoms with Gasteiger partial charge in [-0.05, 0) is 35.4 Å². The second-order valence-corrected chi connectivity index (χ2v) is 7.42. The van der Waals surface area contributed by atoms with Gasteiger partial charge >= 0.3 is 0 Å². The van der Waals surface area contributed by atoms with Crippen molar-refractivity contribution in [2.24, 2.45) is 0 Å². The maximum Gasteiger partial charge on any atom is 0.231 e. The SMILES string of the molecule is CC(=O)NC(CC(=O)Nc1cccc(COc2ccc3c(c2)OCO3)c1)c1ccccc1. The van der Waals surface area contributed by atoms with Gasteiger partial charge < -0.3 is 24.8 Å². The number of nitrogens with one attached hydrogen (secondary N) is 2. The molecule has 0 bridgehead atoms. The maximum atomic E-state index is 12.7. The molecule has 7 heteroatoms. The fourth-order valence-electron chi connectivity index (χ4n) is 3.45. The van der Waals surface area contributed by atoms with Crippen molar-refractivity contribution in [2.75, 3.05) is 12.1 Å². The highest BCUT2D eigenvalue weighted by molar-refractivity contribution is 5.91. The number of amides is 2. The summed E-state index contributed by atoms with van der Waals surface area (Å²) in [5, 5.41) is 5.75. The Bertz CT molecular complexity index is 1100. The molecule has 0 saturated heterocycles. The third-order valence-corrected chi connectivity index (χ3v) is 4.93. The van der Waals surface area contributed by atoms with Crippen LogP contribution in [0.5, 0.6) is 17.2 Å². The first-order valence-electron chi connectivity index (χ1n) is 10.3. The molecule has 1 aliphatic heterocycles. The Balaban J connectivity index is 1.36. The lowest BCUT2D eigenvalue weighted by molar-refractivity contribution is -0.120. The van der Waals surface area contributed by atoms with Gasteiger partial charge in [0.2, 0.25) is 18.6 Å². The maximum absolute atomic E-state index is 12.7. The molecule has 1 heterocycles. The van der Waals surface area contributed by atoms with E-state index < -0.39 is 6.04 Å². The summed E-state index contributed by atoms with van der Waals surface area (Å²) in [6.45, 7) is 1.99. The Morgan fingerprint density at radius 3 is 2.59 bits per heavy atom. The molecule has 32 heavy (non-hydrogen) atoms. The van der Waals surface area contributed by atoms with Gasteiger partial charge in [0.05, 0.1) is 12.5 Å². The van der Waals surface area contributed by atoms with E-state index in [2.05, 4.69) is 10.6 Å². The first-order valence-corrected chi connectivity index (χ1v) is 10.3. The number of anilines is 1. The Kier molecular flexibility index (Phi) is 6.55. The topological polar surface area (TPSA) is 85.9 Å². The molecule has 0 saturated carbocycles. The van der Waals surface area contributed by atoms with E-state index in [9.17, 15) is 9.59 Å². The van der Waals surface area contributed by atoms with E-state index in [1.165, 1.54) is 6.92 Å². The summed E-state index contributed by atoms with van der Waals surface area (Å²) in [5.41, 5.74) is 2.45. The number of carbonyl (C=O) groups excluding carboxylic acids is 2. The van der Waals surface area contributed by atoms with Crippen molar-refractivity contribution < 1.29 is 23.8 Å². The zero-order valence-electron chi connectivity index (χ0n) is 17.7. The quantitative estimate of drug-likeness (QED) is 0.557. The first kappa shape index (κ1) is 21.2. The molecule has 0 aromatic heterocycles. The van der Waals surface area contributed by atoms with E-state index >= 15 is 0 Å². The fraction of sp³-hybridized carbons (Fsp3) is 0.200. The van der Waals surface area contributed by atoms with Crippen LogP contribution in [0.3, 0.4) is 0 Å². The van der Waals surface area contributed by atoms with Crippen molar-refractivity contribution in [3.63, 3.8) is 0 Å². The van der Waals surface area contributed by atoms with E-state index in [-0.39, 0.29) is 25.0 Å². The molecule has 3 aromatic carbocycles. The average Bonchev–Trinajstić information content (AvgIpc) is 3.26. The van der Waals surface area contributed by atoms with Crippen LogP contribution in [-0.4, -0.2) is 18.6 Å². The third-order valence-electron chi connectivity index (χ3n) is 4.93. The van der Waals surface area contributed by atoms with E-state index in [4.69, 9.17) is 14.2 Å². The van der Waals surface area contributed by atoms with Crippen LogP contribution in [0.1, 0.15) is 30.5 Å². The summed E-state index contributed by atoms with van der Waals surface area (Å²) in [6, 6.07) is 21.9. The molecule has 2 amide bonds. The van der Waals surface area contributed by atoms with Gasteiger partial charge in [0.15, 0.2) is 11.5 Å². The van der Waals surface area contributed by atoms with E-state index in [0.29, 0.717) is 29.5 Å². The van der Waals surface area contributed by atoms with Crippen LogP contribution >= 0.6 is 0 Å². The Hall–Kier alpha value is -4.00. The molecule has 0 spiro atoms. The van der Waals surface area contributed by atoms with Crippen molar-refractivity contribution in [1.29, 1.82) is 0 Å². The molecule has 7 nitrogen and oxygen atoms in total. The van der Waals surface area contributed by atoms with Crippen molar-refractivity contribution in [1.82, 2.24) is 5.32 Å². The van der Waals surface area contributed by atoms with Crippen LogP contribution in [0.25, 0.3) is 0 Å². The predicted octanol–water partition coefficient (Wildman–Crippen LogP) is 4.20. The summed E-state index contributed by atoms with van der Waals surface area (Å²) < 4.78 is 16.5. The molecule has 0 radical (unpaired) electrons. The minimum atomic E-state index is -0.397. The van der Waals surface area contributed by atoms with Gasteiger partial charge in [0.1, 0.15) is 12.4 Å². The molecule has 0 aliphatic carbocycles. The summed E-state index contributed by atoms with van der Waals surface area (Å²) in [4.78, 5) is 24.2. The number of rotatable bonds is 8. The van der Waals surface area contributed by atoms with Crippen molar-refractivity contribution >= 4 is 17.5 Å². The number of carbonyl (C=O) groups is 2. The molecular weight excluding hydrogens is 408 g/mol. The fourth-order valence-corrected chi connectivity index (χ4v) is 3.45. The van der Waals surface area contributed by atoms with Crippen LogP contribution in [-0.2, 0) is 16.2 Å². The Labute approximate surface area is 186 Å². The highest BCUT2D eigenvalue weighted by atomic mass is 16.7. The number of hydrogen-bond donors (Lipinski definition) is 2. The van der Waals surface area contributed by atoms with Crippen molar-refractivity contribution in [2.45, 2.75) is 26.0 Å². The predicted molar refractivity (Wildman–Crippen MR) is 120 cm³/mol. The van der Waals surface area contributed by atoms with E-state index in [1.54, 1.807) is 6.07 Å². The molecule has 1 atom stereocenters. The lowest BCUT2D eigenvalue weighted by Crippen LogP contribution is -2.29. The van der Waals surface area contributed by atoms with Gasteiger partial charge in [-0.25, -0.2) is 0 Å². The number of fused-ring (bicyclic) bond motifs is 1. The first-order chi connectivity index (χ1) is 15.6. The highest BCUT2D eigenvalue weighted by Crippen LogP contribution is 2.35. The molecule has 2 N–H and O–H groups in total. The van der Waals surface area contributed by atoms with Crippen LogP contribution in [0.15, 0.2) is 72.8 Å². The molecule has 0 fully saturated rings. The average molecular weight is 432 g/mol. The normalized spacial score (nSPS) is 12.7. The lowest BCUT2D eigenvalue weighted by atomic mass is 10.0. The van der Waals surface area contributed by atoms with Gasteiger partial charge in [-0.3, -0.25) is 9.59 Å². The van der Waals surface area contributed by atoms with Gasteiger partial charge in [0.25, 0.3) is 0 Å². The third kappa shape index (κ3) is 5.57. The minimum Gasteiger partial charge on any atom is -0.489 e. The molecular formula is C25H24N2O5. The smallest absolute Gasteiger partial charge is 0.231 e. The zero-order valence-corrected chi connectivity index (χ0v) is 17.7. The van der Waals surface area contributed by atoms with E-state index in [1.807, 2.05) is 66.7 Å². The summed E-state index contributed by atoms with van der Waals surface area (Å²) >= 11 is 0. The summed E-state index contributed by atoms with van der Waals surface area (Å²) in [7, 11) is 0. The molecule has 164 valence electrons. The molecule has 4 rings (SSSR count).